The van der Waals surface area contributed by atoms with Gasteiger partial charge in [0.25, 0.3) is 10.0 Å². The zero-order valence-corrected chi connectivity index (χ0v) is 19.9. The number of likely N-dealkylation sites (tertiary alicyclic amines) is 1. The summed E-state index contributed by atoms with van der Waals surface area (Å²) in [7, 11) is -2.46. The standard InChI is InChI=1S/C23H30ClN3O4S/c1-31-21-10-12-22(13-11-21)32(29,30)27(20-8-6-19(24)7-9-20)18-23(28)25-14-5-17-26-15-3-2-4-16-26/h6-13H,2-5,14-18H2,1H3,(H,25,28). The molecule has 0 saturated carbocycles. The molecule has 2 aromatic carbocycles. The fourth-order valence-electron chi connectivity index (χ4n) is 3.70. The molecule has 3 rings (SSSR count). The predicted octanol–water partition coefficient (Wildman–Crippen LogP) is 3.54. The summed E-state index contributed by atoms with van der Waals surface area (Å²) >= 11 is 5.97. The van der Waals surface area contributed by atoms with Crippen LogP contribution >= 0.6 is 11.6 Å². The van der Waals surface area contributed by atoms with E-state index in [9.17, 15) is 13.2 Å². The molecule has 1 aliphatic heterocycles. The van der Waals surface area contributed by atoms with E-state index in [0.717, 1.165) is 30.4 Å². The Kier molecular flexibility index (Phi) is 8.78. The van der Waals surface area contributed by atoms with Crippen LogP contribution < -0.4 is 14.4 Å². The molecule has 0 atom stereocenters. The lowest BCUT2D eigenvalue weighted by atomic mass is 10.1. The van der Waals surface area contributed by atoms with Crippen molar-refractivity contribution in [2.75, 3.05) is 44.1 Å². The molecule has 1 fully saturated rings. The van der Waals surface area contributed by atoms with E-state index in [1.165, 1.54) is 38.5 Å². The highest BCUT2D eigenvalue weighted by atomic mass is 35.5. The first-order valence-corrected chi connectivity index (χ1v) is 12.6. The average Bonchev–Trinajstić information content (AvgIpc) is 2.81. The van der Waals surface area contributed by atoms with Crippen molar-refractivity contribution in [2.24, 2.45) is 0 Å². The summed E-state index contributed by atoms with van der Waals surface area (Å²) in [6.07, 6.45) is 4.58. The number of amides is 1. The summed E-state index contributed by atoms with van der Waals surface area (Å²) < 4.78 is 32.9. The molecule has 1 N–H and O–H groups in total. The Morgan fingerprint density at radius 2 is 1.72 bits per heavy atom. The molecule has 1 saturated heterocycles. The minimum Gasteiger partial charge on any atom is -0.497 e. The summed E-state index contributed by atoms with van der Waals surface area (Å²) in [5.41, 5.74) is 0.369. The Labute approximate surface area is 195 Å². The van der Waals surface area contributed by atoms with E-state index >= 15 is 0 Å². The summed E-state index contributed by atoms with van der Waals surface area (Å²) in [6.45, 7) is 3.34. The number of methoxy groups -OCH3 is 1. The predicted molar refractivity (Wildman–Crippen MR) is 127 cm³/mol. The van der Waals surface area contributed by atoms with Gasteiger partial charge in [0, 0.05) is 11.6 Å². The van der Waals surface area contributed by atoms with Gasteiger partial charge in [-0.3, -0.25) is 9.10 Å². The van der Waals surface area contributed by atoms with Crippen molar-refractivity contribution in [2.45, 2.75) is 30.6 Å². The van der Waals surface area contributed by atoms with Crippen LogP contribution in [-0.4, -0.2) is 59.1 Å². The molecule has 9 heteroatoms. The fraction of sp³-hybridized carbons (Fsp3) is 0.435. The number of benzene rings is 2. The third kappa shape index (κ3) is 6.60. The number of piperidine rings is 1. The van der Waals surface area contributed by atoms with E-state index in [1.807, 2.05) is 0 Å². The number of sulfonamides is 1. The Bertz CT molecular complexity index is 975. The first-order valence-electron chi connectivity index (χ1n) is 10.8. The highest BCUT2D eigenvalue weighted by molar-refractivity contribution is 7.92. The van der Waals surface area contributed by atoms with Crippen LogP contribution in [0.4, 0.5) is 5.69 Å². The van der Waals surface area contributed by atoms with Crippen molar-refractivity contribution < 1.29 is 17.9 Å². The van der Waals surface area contributed by atoms with E-state index in [0.29, 0.717) is 23.0 Å². The summed E-state index contributed by atoms with van der Waals surface area (Å²) in [5, 5.41) is 3.34. The van der Waals surface area contributed by atoms with Gasteiger partial charge >= 0.3 is 0 Å². The number of carbonyl (C=O) groups is 1. The molecule has 0 radical (unpaired) electrons. The normalized spacial score (nSPS) is 14.7. The molecule has 7 nitrogen and oxygen atoms in total. The second-order valence-electron chi connectivity index (χ2n) is 7.77. The summed E-state index contributed by atoms with van der Waals surface area (Å²) in [4.78, 5) is 15.1. The van der Waals surface area contributed by atoms with E-state index in [4.69, 9.17) is 16.3 Å². The second kappa shape index (κ2) is 11.5. The quantitative estimate of drug-likeness (QED) is 0.527. The van der Waals surface area contributed by atoms with Crippen molar-refractivity contribution in [3.63, 3.8) is 0 Å². The van der Waals surface area contributed by atoms with Gasteiger partial charge in [0.1, 0.15) is 12.3 Å². The van der Waals surface area contributed by atoms with Gasteiger partial charge in [-0.05, 0) is 87.4 Å². The Balaban J connectivity index is 1.68. The second-order valence-corrected chi connectivity index (χ2v) is 10.1. The fourth-order valence-corrected chi connectivity index (χ4v) is 5.24. The molecule has 32 heavy (non-hydrogen) atoms. The molecule has 0 spiro atoms. The monoisotopic (exact) mass is 479 g/mol. The number of ether oxygens (including phenoxy) is 1. The topological polar surface area (TPSA) is 79.0 Å². The van der Waals surface area contributed by atoms with Crippen LogP contribution in [0.15, 0.2) is 53.4 Å². The molecule has 0 aliphatic carbocycles. The average molecular weight is 480 g/mol. The van der Waals surface area contributed by atoms with Crippen molar-refractivity contribution >= 4 is 33.2 Å². The van der Waals surface area contributed by atoms with E-state index in [-0.39, 0.29) is 17.3 Å². The van der Waals surface area contributed by atoms with Crippen LogP contribution in [0.1, 0.15) is 25.7 Å². The Morgan fingerprint density at radius 1 is 1.06 bits per heavy atom. The molecule has 1 heterocycles. The number of hydrogen-bond donors (Lipinski definition) is 1. The lowest BCUT2D eigenvalue weighted by molar-refractivity contribution is -0.119. The highest BCUT2D eigenvalue weighted by Crippen LogP contribution is 2.26. The van der Waals surface area contributed by atoms with Crippen LogP contribution in [0.2, 0.25) is 5.02 Å². The number of hydrogen-bond acceptors (Lipinski definition) is 5. The molecule has 1 aliphatic rings. The van der Waals surface area contributed by atoms with Gasteiger partial charge in [0.15, 0.2) is 0 Å². The minimum atomic E-state index is -3.97. The maximum atomic E-state index is 13.4. The van der Waals surface area contributed by atoms with Gasteiger partial charge in [-0.1, -0.05) is 18.0 Å². The Morgan fingerprint density at radius 3 is 2.34 bits per heavy atom. The van der Waals surface area contributed by atoms with Crippen molar-refractivity contribution in [1.82, 2.24) is 10.2 Å². The smallest absolute Gasteiger partial charge is 0.264 e. The number of rotatable bonds is 10. The molecule has 2 aromatic rings. The molecule has 0 bridgehead atoms. The first kappa shape index (κ1) is 24.4. The zero-order valence-electron chi connectivity index (χ0n) is 18.3. The molecule has 0 unspecified atom stereocenters. The number of carbonyl (C=O) groups excluding carboxylic acids is 1. The van der Waals surface area contributed by atoms with Crippen molar-refractivity contribution in [1.29, 1.82) is 0 Å². The number of nitrogens with zero attached hydrogens (tertiary/aromatic N) is 2. The molecule has 0 aromatic heterocycles. The van der Waals surface area contributed by atoms with Gasteiger partial charge in [-0.2, -0.15) is 0 Å². The lowest BCUT2D eigenvalue weighted by Crippen LogP contribution is -2.41. The van der Waals surface area contributed by atoms with Gasteiger partial charge < -0.3 is 15.0 Å². The van der Waals surface area contributed by atoms with Crippen LogP contribution in [0.3, 0.4) is 0 Å². The third-order valence-electron chi connectivity index (χ3n) is 5.47. The minimum absolute atomic E-state index is 0.0751. The van der Waals surface area contributed by atoms with Gasteiger partial charge in [0.05, 0.1) is 17.7 Å². The van der Waals surface area contributed by atoms with Gasteiger partial charge in [-0.15, -0.1) is 0 Å². The third-order valence-corrected chi connectivity index (χ3v) is 7.51. The van der Waals surface area contributed by atoms with Crippen molar-refractivity contribution in [3.05, 3.63) is 53.6 Å². The lowest BCUT2D eigenvalue weighted by Gasteiger charge is -2.26. The highest BCUT2D eigenvalue weighted by Gasteiger charge is 2.27. The van der Waals surface area contributed by atoms with Crippen LogP contribution in [0, 0.1) is 0 Å². The molecule has 1 amide bonds. The number of anilines is 1. The largest absolute Gasteiger partial charge is 0.497 e. The number of nitrogens with one attached hydrogen (secondary N) is 1. The summed E-state index contributed by atoms with van der Waals surface area (Å²) in [5.74, 6) is 0.198. The molecule has 174 valence electrons. The van der Waals surface area contributed by atoms with E-state index in [1.54, 1.807) is 36.4 Å². The van der Waals surface area contributed by atoms with Gasteiger partial charge in [0.2, 0.25) is 5.91 Å². The first-order chi connectivity index (χ1) is 15.4. The van der Waals surface area contributed by atoms with Crippen LogP contribution in [0.5, 0.6) is 5.75 Å². The maximum Gasteiger partial charge on any atom is 0.264 e. The maximum absolute atomic E-state index is 13.4. The van der Waals surface area contributed by atoms with Crippen LogP contribution in [0.25, 0.3) is 0 Å². The van der Waals surface area contributed by atoms with Crippen molar-refractivity contribution in [3.8, 4) is 5.75 Å². The Hall–Kier alpha value is -2.29. The molecular formula is C23H30ClN3O4S. The number of halogens is 1. The summed E-state index contributed by atoms with van der Waals surface area (Å²) in [6, 6.07) is 12.5. The van der Waals surface area contributed by atoms with E-state index < -0.39 is 10.0 Å². The zero-order chi connectivity index (χ0) is 23.0. The van der Waals surface area contributed by atoms with Gasteiger partial charge in [-0.25, -0.2) is 8.42 Å². The van der Waals surface area contributed by atoms with E-state index in [2.05, 4.69) is 10.2 Å². The SMILES string of the molecule is COc1ccc(S(=O)(=O)N(CC(=O)NCCCN2CCCCC2)c2ccc(Cl)cc2)cc1. The van der Waals surface area contributed by atoms with Crippen LogP contribution in [-0.2, 0) is 14.8 Å². The molecular weight excluding hydrogens is 450 g/mol.